The van der Waals surface area contributed by atoms with E-state index in [2.05, 4.69) is 6.07 Å². The Morgan fingerprint density at radius 2 is 2.06 bits per heavy atom. The van der Waals surface area contributed by atoms with Crippen LogP contribution in [0.4, 0.5) is 0 Å². The first kappa shape index (κ1) is 12.2. The Balaban J connectivity index is 2.49. The van der Waals surface area contributed by atoms with Gasteiger partial charge in [0, 0.05) is 6.42 Å². The summed E-state index contributed by atoms with van der Waals surface area (Å²) in [5.41, 5.74) is 0.0143. The molecule has 0 heterocycles. The molecule has 0 bridgehead atoms. The molecule has 0 fully saturated rings. The zero-order chi connectivity index (χ0) is 12.5. The number of hydrogen-bond donors (Lipinski definition) is 0. The predicted molar refractivity (Wildman–Crippen MR) is 67.1 cm³/mol. The number of hydrogen-bond acceptors (Lipinski definition) is 2. The Hall–Kier alpha value is -1.30. The van der Waals surface area contributed by atoms with Crippen LogP contribution in [0.15, 0.2) is 30.4 Å². The lowest BCUT2D eigenvalue weighted by Crippen LogP contribution is -2.25. The second kappa shape index (κ2) is 4.52. The number of ketones is 1. The standard InChI is InChI=1S/C13H9Cl2NO/c14-11-2-1-9(7-12(11)15)13(8-16)5-3-10(17)4-6-13/h1-3,5,7H,4,6H2/t13-/m0/s1. The van der Waals surface area contributed by atoms with Gasteiger partial charge in [0.25, 0.3) is 0 Å². The average molecular weight is 266 g/mol. The van der Waals surface area contributed by atoms with E-state index >= 15 is 0 Å². The number of allylic oxidation sites excluding steroid dienone is 2. The Labute approximate surface area is 109 Å². The van der Waals surface area contributed by atoms with Crippen molar-refractivity contribution in [1.29, 1.82) is 5.26 Å². The molecule has 0 unspecified atom stereocenters. The smallest absolute Gasteiger partial charge is 0.155 e. The van der Waals surface area contributed by atoms with Crippen LogP contribution in [0.3, 0.4) is 0 Å². The van der Waals surface area contributed by atoms with Crippen molar-refractivity contribution < 1.29 is 4.79 Å². The topological polar surface area (TPSA) is 40.9 Å². The summed E-state index contributed by atoms with van der Waals surface area (Å²) in [6.07, 6.45) is 3.98. The minimum absolute atomic E-state index is 0.0518. The van der Waals surface area contributed by atoms with E-state index in [0.717, 1.165) is 5.56 Å². The highest BCUT2D eigenvalue weighted by molar-refractivity contribution is 6.42. The molecule has 1 atom stereocenters. The van der Waals surface area contributed by atoms with Crippen LogP contribution in [0.25, 0.3) is 0 Å². The van der Waals surface area contributed by atoms with E-state index in [1.807, 2.05) is 0 Å². The molecule has 0 N–H and O–H groups in total. The molecule has 0 aromatic heterocycles. The lowest BCUT2D eigenvalue weighted by molar-refractivity contribution is -0.115. The van der Waals surface area contributed by atoms with Gasteiger partial charge in [0.15, 0.2) is 5.78 Å². The monoisotopic (exact) mass is 265 g/mol. The Kier molecular flexibility index (Phi) is 3.24. The SMILES string of the molecule is N#C[C@]1(c2ccc(Cl)c(Cl)c2)C=CC(=O)CC1. The summed E-state index contributed by atoms with van der Waals surface area (Å²) < 4.78 is 0. The fourth-order valence-corrected chi connectivity index (χ4v) is 2.19. The molecule has 0 amide bonds. The summed E-state index contributed by atoms with van der Waals surface area (Å²) in [7, 11) is 0. The van der Waals surface area contributed by atoms with Crippen molar-refractivity contribution in [2.24, 2.45) is 0 Å². The number of benzene rings is 1. The first-order valence-electron chi connectivity index (χ1n) is 5.16. The van der Waals surface area contributed by atoms with Gasteiger partial charge >= 0.3 is 0 Å². The first-order valence-corrected chi connectivity index (χ1v) is 5.92. The Bertz CT molecular complexity index is 545. The van der Waals surface area contributed by atoms with E-state index in [9.17, 15) is 10.1 Å². The van der Waals surface area contributed by atoms with E-state index in [4.69, 9.17) is 23.2 Å². The van der Waals surface area contributed by atoms with Crippen LogP contribution in [0, 0.1) is 11.3 Å². The number of rotatable bonds is 1. The maximum atomic E-state index is 11.2. The van der Waals surface area contributed by atoms with Crippen molar-refractivity contribution in [3.8, 4) is 6.07 Å². The van der Waals surface area contributed by atoms with Crippen LogP contribution in [0.5, 0.6) is 0 Å². The van der Waals surface area contributed by atoms with Gasteiger partial charge in [-0.2, -0.15) is 5.26 Å². The quantitative estimate of drug-likeness (QED) is 0.778. The summed E-state index contributed by atoms with van der Waals surface area (Å²) in [5, 5.41) is 10.2. The fraction of sp³-hybridized carbons (Fsp3) is 0.231. The van der Waals surface area contributed by atoms with Gasteiger partial charge in [-0.3, -0.25) is 4.79 Å². The Morgan fingerprint density at radius 1 is 1.29 bits per heavy atom. The molecule has 1 aliphatic carbocycles. The van der Waals surface area contributed by atoms with Crippen molar-refractivity contribution in [2.75, 3.05) is 0 Å². The van der Waals surface area contributed by atoms with Gasteiger partial charge < -0.3 is 0 Å². The van der Waals surface area contributed by atoms with Gasteiger partial charge in [-0.05, 0) is 30.2 Å². The molecule has 0 spiro atoms. The van der Waals surface area contributed by atoms with Crippen molar-refractivity contribution in [3.63, 3.8) is 0 Å². The molecule has 0 saturated carbocycles. The molecule has 86 valence electrons. The minimum atomic E-state index is -0.762. The van der Waals surface area contributed by atoms with Crippen molar-refractivity contribution in [1.82, 2.24) is 0 Å². The third-order valence-corrected chi connectivity index (χ3v) is 3.69. The molecule has 1 aliphatic rings. The first-order chi connectivity index (χ1) is 8.07. The van der Waals surface area contributed by atoms with Gasteiger partial charge in [0.2, 0.25) is 0 Å². The van der Waals surface area contributed by atoms with Gasteiger partial charge in [0.05, 0.1) is 16.1 Å². The van der Waals surface area contributed by atoms with E-state index in [1.54, 1.807) is 24.3 Å². The maximum absolute atomic E-state index is 11.2. The van der Waals surface area contributed by atoms with Crippen LogP contribution < -0.4 is 0 Å². The second-order valence-electron chi connectivity index (χ2n) is 4.01. The fourth-order valence-electron chi connectivity index (χ4n) is 1.89. The normalized spacial score (nSPS) is 23.5. The number of halogens is 2. The highest BCUT2D eigenvalue weighted by Gasteiger charge is 2.33. The summed E-state index contributed by atoms with van der Waals surface area (Å²) in [5.74, 6) is 0.0518. The molecule has 2 nitrogen and oxygen atoms in total. The van der Waals surface area contributed by atoms with Crippen LogP contribution in [0.1, 0.15) is 18.4 Å². The predicted octanol–water partition coefficient (Wildman–Crippen LogP) is 3.67. The van der Waals surface area contributed by atoms with E-state index in [0.29, 0.717) is 22.9 Å². The third kappa shape index (κ3) is 2.22. The van der Waals surface area contributed by atoms with Crippen LogP contribution in [-0.2, 0) is 10.2 Å². The lowest BCUT2D eigenvalue weighted by Gasteiger charge is -2.26. The molecule has 1 aromatic carbocycles. The molecule has 17 heavy (non-hydrogen) atoms. The maximum Gasteiger partial charge on any atom is 0.155 e. The zero-order valence-electron chi connectivity index (χ0n) is 8.91. The molecule has 0 saturated heterocycles. The molecule has 4 heteroatoms. The Morgan fingerprint density at radius 3 is 2.59 bits per heavy atom. The van der Waals surface area contributed by atoms with Crippen molar-refractivity contribution >= 4 is 29.0 Å². The van der Waals surface area contributed by atoms with Crippen molar-refractivity contribution in [2.45, 2.75) is 18.3 Å². The average Bonchev–Trinajstić information content (AvgIpc) is 2.34. The van der Waals surface area contributed by atoms with E-state index in [-0.39, 0.29) is 5.78 Å². The van der Waals surface area contributed by atoms with E-state index < -0.39 is 5.41 Å². The number of nitrogens with zero attached hydrogens (tertiary/aromatic N) is 1. The minimum Gasteiger partial charge on any atom is -0.295 e. The van der Waals surface area contributed by atoms with Crippen LogP contribution in [-0.4, -0.2) is 5.78 Å². The van der Waals surface area contributed by atoms with E-state index in [1.165, 1.54) is 6.08 Å². The summed E-state index contributed by atoms with van der Waals surface area (Å²) in [4.78, 5) is 11.2. The van der Waals surface area contributed by atoms with Gasteiger partial charge in [-0.1, -0.05) is 35.3 Å². The number of carbonyl (C=O) groups excluding carboxylic acids is 1. The lowest BCUT2D eigenvalue weighted by atomic mass is 9.74. The van der Waals surface area contributed by atoms with Crippen molar-refractivity contribution in [3.05, 3.63) is 46.0 Å². The zero-order valence-corrected chi connectivity index (χ0v) is 10.4. The molecule has 0 aliphatic heterocycles. The molecule has 0 radical (unpaired) electrons. The molecular weight excluding hydrogens is 257 g/mol. The molecular formula is C13H9Cl2NO. The highest BCUT2D eigenvalue weighted by atomic mass is 35.5. The largest absolute Gasteiger partial charge is 0.295 e. The van der Waals surface area contributed by atoms with Gasteiger partial charge in [-0.25, -0.2) is 0 Å². The highest BCUT2D eigenvalue weighted by Crippen LogP contribution is 2.36. The van der Waals surface area contributed by atoms with Crippen LogP contribution >= 0.6 is 23.2 Å². The number of nitriles is 1. The van der Waals surface area contributed by atoms with Gasteiger partial charge in [0.1, 0.15) is 5.41 Å². The second-order valence-corrected chi connectivity index (χ2v) is 4.83. The van der Waals surface area contributed by atoms with Crippen LogP contribution in [0.2, 0.25) is 10.0 Å². The third-order valence-electron chi connectivity index (χ3n) is 2.95. The molecule has 1 aromatic rings. The summed E-state index contributed by atoms with van der Waals surface area (Å²) in [6, 6.07) is 7.39. The molecule has 2 rings (SSSR count). The summed E-state index contributed by atoms with van der Waals surface area (Å²) in [6.45, 7) is 0. The summed E-state index contributed by atoms with van der Waals surface area (Å²) >= 11 is 11.8. The number of carbonyl (C=O) groups is 1. The van der Waals surface area contributed by atoms with Gasteiger partial charge in [-0.15, -0.1) is 0 Å².